The summed E-state index contributed by atoms with van der Waals surface area (Å²) in [4.78, 5) is 0. The van der Waals surface area contributed by atoms with Gasteiger partial charge in [0, 0.05) is 18.4 Å². The molecular weight excluding hydrogens is 446 g/mol. The maximum absolute atomic E-state index is 12.5. The summed E-state index contributed by atoms with van der Waals surface area (Å²) < 4.78 is 102. The second-order valence-electron chi connectivity index (χ2n) is 4.87. The van der Waals surface area contributed by atoms with Crippen LogP contribution in [0.5, 0.6) is 5.75 Å². The third-order valence-electron chi connectivity index (χ3n) is 3.00. The summed E-state index contributed by atoms with van der Waals surface area (Å²) in [6.07, 6.45) is -5.93. The van der Waals surface area contributed by atoms with E-state index in [1.807, 2.05) is 0 Å². The van der Waals surface area contributed by atoms with Crippen LogP contribution in [0.15, 0.2) is 22.8 Å². The molecule has 0 fully saturated rings. The molecule has 0 aliphatic heterocycles. The first-order valence-corrected chi connectivity index (χ1v) is 8.74. The van der Waals surface area contributed by atoms with Crippen molar-refractivity contribution in [3.8, 4) is 5.75 Å². The van der Waals surface area contributed by atoms with Gasteiger partial charge in [0.15, 0.2) is 5.75 Å². The highest BCUT2D eigenvalue weighted by molar-refractivity contribution is 9.10. The van der Waals surface area contributed by atoms with Gasteiger partial charge in [0.25, 0.3) is 0 Å². The van der Waals surface area contributed by atoms with E-state index < -0.39 is 40.4 Å². The smallest absolute Gasteiger partial charge is 0.374 e. The minimum atomic E-state index is -5.93. The van der Waals surface area contributed by atoms with E-state index in [0.717, 1.165) is 10.7 Å². The molecule has 0 saturated carbocycles. The van der Waals surface area contributed by atoms with Gasteiger partial charge in [-0.2, -0.15) is 39.9 Å². The maximum Gasteiger partial charge on any atom is 0.534 e. The SMILES string of the molecule is O=S(=O)(Oc1cccc2c(Br)nn(CCCC(F)(F)F)c12)C(F)(F)F. The first-order valence-electron chi connectivity index (χ1n) is 6.54. The number of benzene rings is 1. The molecule has 140 valence electrons. The van der Waals surface area contributed by atoms with Crippen LogP contribution in [0.1, 0.15) is 12.8 Å². The number of hydrogen-bond donors (Lipinski definition) is 0. The van der Waals surface area contributed by atoms with Crippen molar-refractivity contribution in [2.24, 2.45) is 0 Å². The number of hydrogen-bond acceptors (Lipinski definition) is 4. The zero-order valence-electron chi connectivity index (χ0n) is 12.0. The minimum Gasteiger partial charge on any atom is -0.374 e. The first-order chi connectivity index (χ1) is 11.3. The number of alkyl halides is 6. The van der Waals surface area contributed by atoms with E-state index in [0.29, 0.717) is 0 Å². The molecule has 13 heteroatoms. The average molecular weight is 455 g/mol. The lowest BCUT2D eigenvalue weighted by Crippen LogP contribution is -2.28. The van der Waals surface area contributed by atoms with Crippen molar-refractivity contribution in [2.75, 3.05) is 0 Å². The molecule has 25 heavy (non-hydrogen) atoms. The van der Waals surface area contributed by atoms with Crippen LogP contribution in [0.2, 0.25) is 0 Å². The molecule has 2 rings (SSSR count). The summed E-state index contributed by atoms with van der Waals surface area (Å²) in [5.41, 5.74) is -5.81. The normalized spacial score (nSPS) is 13.4. The molecule has 1 heterocycles. The Morgan fingerprint density at radius 3 is 2.36 bits per heavy atom. The average Bonchev–Trinajstić information content (AvgIpc) is 2.74. The van der Waals surface area contributed by atoms with Gasteiger partial charge in [0.2, 0.25) is 0 Å². The van der Waals surface area contributed by atoms with E-state index in [9.17, 15) is 34.8 Å². The zero-order valence-corrected chi connectivity index (χ0v) is 14.4. The van der Waals surface area contributed by atoms with Crippen LogP contribution in [0.25, 0.3) is 10.9 Å². The number of fused-ring (bicyclic) bond motifs is 1. The second-order valence-corrected chi connectivity index (χ2v) is 7.16. The van der Waals surface area contributed by atoms with E-state index in [-0.39, 0.29) is 22.1 Å². The molecular formula is C12H9BrF6N2O3S. The minimum absolute atomic E-state index is 0.129. The number of para-hydroxylation sites is 1. The van der Waals surface area contributed by atoms with Gasteiger partial charge in [0.05, 0.1) is 0 Å². The monoisotopic (exact) mass is 454 g/mol. The Balaban J connectivity index is 2.42. The van der Waals surface area contributed by atoms with Gasteiger partial charge in [-0.15, -0.1) is 0 Å². The van der Waals surface area contributed by atoms with Crippen LogP contribution in [0.3, 0.4) is 0 Å². The molecule has 0 amide bonds. The fraction of sp³-hybridized carbons (Fsp3) is 0.417. The lowest BCUT2D eigenvalue weighted by molar-refractivity contribution is -0.135. The molecule has 0 saturated heterocycles. The Kier molecular flexibility index (Phi) is 5.28. The molecule has 2 aromatic rings. The van der Waals surface area contributed by atoms with Gasteiger partial charge < -0.3 is 4.18 Å². The topological polar surface area (TPSA) is 61.2 Å². The molecule has 0 spiro atoms. The van der Waals surface area contributed by atoms with Gasteiger partial charge in [0.1, 0.15) is 10.1 Å². The molecule has 0 atom stereocenters. The highest BCUT2D eigenvalue weighted by atomic mass is 79.9. The van der Waals surface area contributed by atoms with Crippen molar-refractivity contribution in [2.45, 2.75) is 31.1 Å². The number of halogens is 7. The molecule has 1 aromatic heterocycles. The summed E-state index contributed by atoms with van der Waals surface area (Å²) in [7, 11) is -5.93. The number of nitrogens with zero attached hydrogens (tertiary/aromatic N) is 2. The Hall–Kier alpha value is -1.50. The summed E-state index contributed by atoms with van der Waals surface area (Å²) in [6, 6.07) is 3.59. The quantitative estimate of drug-likeness (QED) is 0.382. The summed E-state index contributed by atoms with van der Waals surface area (Å²) >= 11 is 3.02. The molecule has 5 nitrogen and oxygen atoms in total. The Labute approximate surface area is 145 Å². The maximum atomic E-state index is 12.5. The summed E-state index contributed by atoms with van der Waals surface area (Å²) in [5.74, 6) is -0.681. The number of aryl methyl sites for hydroxylation is 1. The molecule has 0 radical (unpaired) electrons. The van der Waals surface area contributed by atoms with Crippen LogP contribution < -0.4 is 4.18 Å². The van der Waals surface area contributed by atoms with E-state index in [1.54, 1.807) is 0 Å². The van der Waals surface area contributed by atoms with E-state index in [1.165, 1.54) is 12.1 Å². The Bertz CT molecular complexity index is 875. The van der Waals surface area contributed by atoms with Crippen LogP contribution in [-0.2, 0) is 16.7 Å². The van der Waals surface area contributed by atoms with Crippen LogP contribution in [-0.4, -0.2) is 29.9 Å². The Morgan fingerprint density at radius 2 is 1.80 bits per heavy atom. The van der Waals surface area contributed by atoms with Crippen molar-refractivity contribution >= 4 is 37.0 Å². The molecule has 0 N–H and O–H groups in total. The van der Waals surface area contributed by atoms with Crippen LogP contribution >= 0.6 is 15.9 Å². The largest absolute Gasteiger partial charge is 0.534 e. The lowest BCUT2D eigenvalue weighted by atomic mass is 10.2. The highest BCUT2D eigenvalue weighted by Crippen LogP contribution is 2.35. The predicted octanol–water partition coefficient (Wildman–Crippen LogP) is 4.37. The Morgan fingerprint density at radius 1 is 1.16 bits per heavy atom. The van der Waals surface area contributed by atoms with Gasteiger partial charge in [-0.1, -0.05) is 6.07 Å². The van der Waals surface area contributed by atoms with Gasteiger partial charge in [-0.05, 0) is 34.5 Å². The zero-order chi connectivity index (χ0) is 19.0. The second kappa shape index (κ2) is 6.67. The highest BCUT2D eigenvalue weighted by Gasteiger charge is 2.48. The third kappa shape index (κ3) is 4.57. The fourth-order valence-corrected chi connectivity index (χ4v) is 2.97. The molecule has 0 bridgehead atoms. The lowest BCUT2D eigenvalue weighted by Gasteiger charge is -2.12. The van der Waals surface area contributed by atoms with Crippen molar-refractivity contribution in [3.05, 3.63) is 22.8 Å². The van der Waals surface area contributed by atoms with Crippen molar-refractivity contribution < 1.29 is 38.9 Å². The van der Waals surface area contributed by atoms with Crippen molar-refractivity contribution in [3.63, 3.8) is 0 Å². The molecule has 0 aliphatic rings. The van der Waals surface area contributed by atoms with Crippen LogP contribution in [0, 0.1) is 0 Å². The summed E-state index contributed by atoms with van der Waals surface area (Å²) in [6.45, 7) is -0.298. The fourth-order valence-electron chi connectivity index (χ4n) is 1.99. The number of rotatable bonds is 5. The molecule has 0 aliphatic carbocycles. The third-order valence-corrected chi connectivity index (χ3v) is 4.55. The van der Waals surface area contributed by atoms with Crippen molar-refractivity contribution in [1.29, 1.82) is 0 Å². The summed E-state index contributed by atoms with van der Waals surface area (Å²) in [5, 5.41) is 4.07. The standard InChI is InChI=1S/C12H9BrF6N2O3S/c13-10-7-3-1-4-8(24-25(22,23)12(17,18)19)9(7)21(20-10)6-2-5-11(14,15)16/h1,3-4H,2,5-6H2. The van der Waals surface area contributed by atoms with Gasteiger partial charge in [-0.25, -0.2) is 0 Å². The first kappa shape index (κ1) is 19.8. The van der Waals surface area contributed by atoms with Gasteiger partial charge >= 0.3 is 21.8 Å². The van der Waals surface area contributed by atoms with E-state index in [4.69, 9.17) is 0 Å². The molecule has 0 unspecified atom stereocenters. The molecule has 1 aromatic carbocycles. The van der Waals surface area contributed by atoms with E-state index >= 15 is 0 Å². The predicted molar refractivity (Wildman–Crippen MR) is 78.3 cm³/mol. The van der Waals surface area contributed by atoms with Crippen molar-refractivity contribution in [1.82, 2.24) is 9.78 Å². The number of aromatic nitrogens is 2. The van der Waals surface area contributed by atoms with Gasteiger partial charge in [-0.3, -0.25) is 4.68 Å². The van der Waals surface area contributed by atoms with Crippen LogP contribution in [0.4, 0.5) is 26.3 Å². The van der Waals surface area contributed by atoms with E-state index in [2.05, 4.69) is 25.2 Å².